The molecule has 12 aliphatic rings. The van der Waals surface area contributed by atoms with E-state index in [1.807, 2.05) is 0 Å². The predicted molar refractivity (Wildman–Crippen MR) is 388 cm³/mol. The molecule has 510 valence electrons. The molecule has 0 aromatic rings. The molecule has 0 bridgehead atoms. The highest BCUT2D eigenvalue weighted by atomic mass is 14.5. The Morgan fingerprint density at radius 1 is 0.138 bits per heavy atom. The number of rotatable bonds is 0. The van der Waals surface area contributed by atoms with Crippen LogP contribution in [0.1, 0.15) is 452 Å². The van der Waals surface area contributed by atoms with Crippen molar-refractivity contribution in [2.24, 2.45) is 100 Å². The molecule has 6 spiro atoms. The minimum absolute atomic E-state index is 0.545. The van der Waals surface area contributed by atoms with Crippen LogP contribution in [0.4, 0.5) is 0 Å². The SMILES string of the molecule is CC(C)(C)C1CCC2(CC1)CC2.CC(C)(C)C1CCC2(CCC2)CC1.CC(C)(C)C1CCC2(CCCC2)CC1.CC(C)(C)C1CCC2(CCCCC2)CC1.CC(C)(C)C1CCC2(CCCCCC2)CC1.CC(C)(C)C1CCC2(CCCCCCC2)CC1. The smallest absolute Gasteiger partial charge is 0.0297 e. The number of hydrogen-bond acceptors (Lipinski definition) is 0. The summed E-state index contributed by atoms with van der Waals surface area (Å²) in [4.78, 5) is 0. The molecule has 0 radical (unpaired) electrons. The van der Waals surface area contributed by atoms with E-state index in [9.17, 15) is 0 Å². The monoisotopic (exact) mass is 1210 g/mol. The lowest BCUT2D eigenvalue weighted by atomic mass is 9.56. The third kappa shape index (κ3) is 22.8. The van der Waals surface area contributed by atoms with Gasteiger partial charge in [0.2, 0.25) is 0 Å². The second-order valence-electron chi connectivity index (χ2n) is 42.1. The zero-order valence-electron chi connectivity index (χ0n) is 63.5. The Kier molecular flexibility index (Phi) is 26.7. The Bertz CT molecular complexity index is 1850. The highest BCUT2D eigenvalue weighted by Crippen LogP contribution is 2.60. The van der Waals surface area contributed by atoms with Crippen LogP contribution in [0, 0.1) is 100 Å². The zero-order chi connectivity index (χ0) is 63.5. The van der Waals surface area contributed by atoms with Crippen LogP contribution in [0.5, 0.6) is 0 Å². The summed E-state index contributed by atoms with van der Waals surface area (Å²) in [5.74, 6) is 5.96. The fourth-order valence-electron chi connectivity index (χ4n) is 22.0. The second-order valence-corrected chi connectivity index (χ2v) is 42.1. The van der Waals surface area contributed by atoms with Crippen molar-refractivity contribution in [1.29, 1.82) is 0 Å². The van der Waals surface area contributed by atoms with Gasteiger partial charge in [0.1, 0.15) is 0 Å². The van der Waals surface area contributed by atoms with Gasteiger partial charge in [-0.3, -0.25) is 0 Å². The minimum Gasteiger partial charge on any atom is -0.0599 e. The lowest BCUT2D eigenvalue weighted by Crippen LogP contribution is -2.36. The van der Waals surface area contributed by atoms with Crippen LogP contribution in [0.2, 0.25) is 0 Å². The molecule has 12 saturated carbocycles. The summed E-state index contributed by atoms with van der Waals surface area (Å²) in [6, 6.07) is 0. The third-order valence-corrected chi connectivity index (χ3v) is 30.2. The lowest BCUT2D eigenvalue weighted by Gasteiger charge is -2.49. The van der Waals surface area contributed by atoms with Gasteiger partial charge in [0, 0.05) is 0 Å². The van der Waals surface area contributed by atoms with Crippen LogP contribution < -0.4 is 0 Å². The van der Waals surface area contributed by atoms with Crippen LogP contribution in [0.3, 0.4) is 0 Å². The maximum atomic E-state index is 2.44. The highest BCUT2D eigenvalue weighted by molar-refractivity contribution is 4.99. The topological polar surface area (TPSA) is 0 Å². The van der Waals surface area contributed by atoms with Gasteiger partial charge >= 0.3 is 0 Å². The van der Waals surface area contributed by atoms with Crippen molar-refractivity contribution in [2.75, 3.05) is 0 Å². The Balaban J connectivity index is 0.000000150. The predicted octanol–water partition coefficient (Wildman–Crippen LogP) is 29.9. The Hall–Kier alpha value is 0. The van der Waals surface area contributed by atoms with Crippen molar-refractivity contribution in [3.05, 3.63) is 0 Å². The van der Waals surface area contributed by atoms with Gasteiger partial charge in [0.25, 0.3) is 0 Å². The molecule has 0 atom stereocenters. The average molecular weight is 1210 g/mol. The van der Waals surface area contributed by atoms with E-state index in [1.165, 1.54) is 250 Å². The van der Waals surface area contributed by atoms with Gasteiger partial charge in [-0.2, -0.15) is 0 Å². The first-order chi connectivity index (χ1) is 40.6. The van der Waals surface area contributed by atoms with E-state index in [2.05, 4.69) is 125 Å². The normalized spacial score (nSPS) is 31.4. The lowest BCUT2D eigenvalue weighted by molar-refractivity contribution is 0.0261. The van der Waals surface area contributed by atoms with Gasteiger partial charge < -0.3 is 0 Å². The van der Waals surface area contributed by atoms with E-state index in [-0.39, 0.29) is 0 Å². The van der Waals surface area contributed by atoms with Crippen LogP contribution in [-0.2, 0) is 0 Å². The van der Waals surface area contributed by atoms with E-state index in [1.54, 1.807) is 77.0 Å². The Labute approximate surface area is 549 Å². The van der Waals surface area contributed by atoms with Crippen LogP contribution in [-0.4, -0.2) is 0 Å². The fourth-order valence-corrected chi connectivity index (χ4v) is 22.0. The molecular formula is C87H162. The molecule has 0 nitrogen and oxygen atoms in total. The van der Waals surface area contributed by atoms with E-state index in [0.717, 1.165) is 68.0 Å². The summed E-state index contributed by atoms with van der Waals surface area (Å²) >= 11 is 0. The van der Waals surface area contributed by atoms with Crippen LogP contribution >= 0.6 is 0 Å². The summed E-state index contributed by atoms with van der Waals surface area (Å²) in [5, 5.41) is 0. The molecule has 0 saturated heterocycles. The summed E-state index contributed by atoms with van der Waals surface area (Å²) in [7, 11) is 0. The third-order valence-electron chi connectivity index (χ3n) is 30.2. The van der Waals surface area contributed by atoms with Gasteiger partial charge in [-0.25, -0.2) is 0 Å². The van der Waals surface area contributed by atoms with Crippen molar-refractivity contribution >= 4 is 0 Å². The van der Waals surface area contributed by atoms with Gasteiger partial charge in [0.15, 0.2) is 0 Å². The molecule has 12 fully saturated rings. The molecule has 87 heavy (non-hydrogen) atoms. The van der Waals surface area contributed by atoms with Crippen LogP contribution in [0.25, 0.3) is 0 Å². The molecule has 0 amide bonds. The van der Waals surface area contributed by atoms with Gasteiger partial charge in [-0.15, -0.1) is 0 Å². The zero-order valence-corrected chi connectivity index (χ0v) is 63.5. The van der Waals surface area contributed by atoms with Gasteiger partial charge in [-0.1, -0.05) is 221 Å². The number of hydrogen-bond donors (Lipinski definition) is 0. The molecule has 12 aliphatic carbocycles. The van der Waals surface area contributed by atoms with Crippen molar-refractivity contribution in [3.63, 3.8) is 0 Å². The van der Waals surface area contributed by atoms with E-state index in [0.29, 0.717) is 32.5 Å². The van der Waals surface area contributed by atoms with E-state index in [4.69, 9.17) is 0 Å². The molecule has 0 N–H and O–H groups in total. The molecular weight excluding hydrogens is 1040 g/mol. The summed E-state index contributed by atoms with van der Waals surface area (Å²) in [6.45, 7) is 43.6. The minimum atomic E-state index is 0.545. The second kappa shape index (κ2) is 31.3. The Morgan fingerprint density at radius 3 is 0.379 bits per heavy atom. The molecule has 0 aromatic heterocycles. The van der Waals surface area contributed by atoms with Gasteiger partial charge in [-0.05, 0) is 332 Å². The van der Waals surface area contributed by atoms with Crippen LogP contribution in [0.15, 0.2) is 0 Å². The molecule has 0 aromatic carbocycles. The summed E-state index contributed by atoms with van der Waals surface area (Å²) in [6.07, 6.45) is 77.7. The van der Waals surface area contributed by atoms with Crippen molar-refractivity contribution in [3.8, 4) is 0 Å². The van der Waals surface area contributed by atoms with Crippen molar-refractivity contribution in [2.45, 2.75) is 452 Å². The quantitative estimate of drug-likeness (QED) is 0.227. The standard InChI is InChI=1S/C17H32.C16H30.C15H28.C14H26.C13H24.C12H22/c1-16(2,3)15-9-13-17(14-10-15)11-7-5-4-6-8-12-17;1-15(2,3)14-8-12-16(13-9-14)10-6-4-5-7-11-16;1-14(2,3)13-7-11-15(12-8-13)9-5-4-6-10-15;1-13(2,3)12-6-10-14(11-7-12)8-4-5-9-14;1-12(2,3)11-5-9-13(10-6-11)7-4-8-13;1-11(2,3)10-4-6-12(7-5-10)8-9-12/h15H,4-14H2,1-3H3;14H,4-13H2,1-3H3;13H,4-12H2,1-3H3;12H,4-11H2,1-3H3;11H,4-10H2,1-3H3;10H,4-9H2,1-3H3. The molecule has 0 aliphatic heterocycles. The molecule has 0 unspecified atom stereocenters. The fraction of sp³-hybridized carbons (Fsp3) is 1.00. The van der Waals surface area contributed by atoms with Gasteiger partial charge in [0.05, 0.1) is 0 Å². The summed E-state index contributed by atoms with van der Waals surface area (Å²) < 4.78 is 0. The first-order valence-corrected chi connectivity index (χ1v) is 40.6. The maximum Gasteiger partial charge on any atom is -0.0297 e. The van der Waals surface area contributed by atoms with Crippen molar-refractivity contribution < 1.29 is 0 Å². The molecule has 12 rings (SSSR count). The Morgan fingerprint density at radius 2 is 0.253 bits per heavy atom. The first-order valence-electron chi connectivity index (χ1n) is 40.6. The van der Waals surface area contributed by atoms with E-state index >= 15 is 0 Å². The maximum absolute atomic E-state index is 2.44. The van der Waals surface area contributed by atoms with Crippen molar-refractivity contribution in [1.82, 2.24) is 0 Å². The average Bonchev–Trinajstić information content (AvgIpc) is 2.80. The summed E-state index contributed by atoms with van der Waals surface area (Å²) in [5.41, 5.74) is 8.25. The first kappa shape index (κ1) is 74.4. The highest BCUT2D eigenvalue weighted by Gasteiger charge is 2.48. The molecule has 0 heterocycles. The molecule has 0 heteroatoms. The van der Waals surface area contributed by atoms with E-state index < -0.39 is 0 Å². The largest absolute Gasteiger partial charge is 0.0599 e.